The fourth-order valence-electron chi connectivity index (χ4n) is 2.48. The molecule has 1 atom stereocenters. The number of hydrogen-bond donors (Lipinski definition) is 1. The molecular weight excluding hydrogens is 249 g/mol. The molecule has 1 unspecified atom stereocenters. The fourth-order valence-corrected chi connectivity index (χ4v) is 2.68. The van der Waals surface area contributed by atoms with Gasteiger partial charge in [-0.25, -0.2) is 4.39 Å². The van der Waals surface area contributed by atoms with Crippen molar-refractivity contribution in [2.75, 3.05) is 0 Å². The first-order valence-corrected chi connectivity index (χ1v) is 6.90. The maximum absolute atomic E-state index is 13.6. The zero-order valence-corrected chi connectivity index (χ0v) is 11.2. The van der Waals surface area contributed by atoms with Crippen molar-refractivity contribution in [2.24, 2.45) is 5.73 Å². The quantitative estimate of drug-likeness (QED) is 0.812. The summed E-state index contributed by atoms with van der Waals surface area (Å²) in [6.07, 6.45) is 8.54. The normalized spacial score (nSPS) is 17.4. The first-order valence-electron chi connectivity index (χ1n) is 6.52. The van der Waals surface area contributed by atoms with E-state index in [9.17, 15) is 4.39 Å². The van der Waals surface area contributed by atoms with E-state index in [1.807, 2.05) is 0 Å². The van der Waals surface area contributed by atoms with E-state index in [0.29, 0.717) is 17.0 Å². The van der Waals surface area contributed by atoms with Gasteiger partial charge in [0.15, 0.2) is 0 Å². The Balaban J connectivity index is 1.96. The van der Waals surface area contributed by atoms with Gasteiger partial charge in [-0.1, -0.05) is 23.3 Å². The highest BCUT2D eigenvalue weighted by molar-refractivity contribution is 6.30. The minimum absolute atomic E-state index is 0.0256. The molecule has 1 aliphatic carbocycles. The monoisotopic (exact) mass is 267 g/mol. The number of benzene rings is 1. The molecule has 1 nitrogen and oxygen atoms in total. The third kappa shape index (κ3) is 3.82. The van der Waals surface area contributed by atoms with Crippen LogP contribution in [0, 0.1) is 5.82 Å². The minimum atomic E-state index is -0.215. The molecule has 1 aliphatic rings. The lowest BCUT2D eigenvalue weighted by atomic mass is 9.92. The Hall–Kier alpha value is -0.860. The Morgan fingerprint density at radius 3 is 2.83 bits per heavy atom. The maximum Gasteiger partial charge on any atom is 0.126 e. The zero-order chi connectivity index (χ0) is 13.0. The molecule has 1 aromatic rings. The largest absolute Gasteiger partial charge is 0.327 e. The van der Waals surface area contributed by atoms with Crippen molar-refractivity contribution in [3.8, 4) is 0 Å². The van der Waals surface area contributed by atoms with Gasteiger partial charge in [0.25, 0.3) is 0 Å². The summed E-state index contributed by atoms with van der Waals surface area (Å²) in [6.45, 7) is 0. The van der Waals surface area contributed by atoms with Gasteiger partial charge in [-0.3, -0.25) is 0 Å². The molecule has 0 spiro atoms. The molecule has 0 saturated carbocycles. The molecule has 0 amide bonds. The Morgan fingerprint density at radius 2 is 2.11 bits per heavy atom. The molecule has 2 N–H and O–H groups in total. The lowest BCUT2D eigenvalue weighted by Crippen LogP contribution is -2.24. The second-order valence-corrected chi connectivity index (χ2v) is 5.45. The molecule has 2 rings (SSSR count). The molecule has 0 heterocycles. The highest BCUT2D eigenvalue weighted by Gasteiger charge is 2.12. The zero-order valence-electron chi connectivity index (χ0n) is 10.5. The molecule has 1 aromatic carbocycles. The number of hydrogen-bond acceptors (Lipinski definition) is 1. The third-order valence-electron chi connectivity index (χ3n) is 3.40. The van der Waals surface area contributed by atoms with E-state index in [1.54, 1.807) is 12.1 Å². The summed E-state index contributed by atoms with van der Waals surface area (Å²) >= 11 is 5.87. The number of nitrogens with two attached hydrogens (primary N) is 1. The standard InChI is InChI=1S/C15H19ClFN/c16-13-6-7-15(17)12(9-13)10-14(18)8-11-4-2-1-3-5-11/h4,6-7,9,14H,1-3,5,8,10,18H2. The molecule has 18 heavy (non-hydrogen) atoms. The molecule has 0 aliphatic heterocycles. The van der Waals surface area contributed by atoms with Crippen LogP contribution in [0.3, 0.4) is 0 Å². The smallest absolute Gasteiger partial charge is 0.126 e. The van der Waals surface area contributed by atoms with E-state index >= 15 is 0 Å². The molecule has 98 valence electrons. The highest BCUT2D eigenvalue weighted by atomic mass is 35.5. The molecular formula is C15H19ClFN. The van der Waals surface area contributed by atoms with Gasteiger partial charge in [0, 0.05) is 11.1 Å². The van der Waals surface area contributed by atoms with Gasteiger partial charge < -0.3 is 5.73 Å². The van der Waals surface area contributed by atoms with Crippen LogP contribution < -0.4 is 5.73 Å². The molecule has 0 bridgehead atoms. The highest BCUT2D eigenvalue weighted by Crippen LogP contribution is 2.23. The maximum atomic E-state index is 13.6. The van der Waals surface area contributed by atoms with Crippen LogP contribution in [0.2, 0.25) is 5.02 Å². The Labute approximate surface area is 113 Å². The second kappa shape index (κ2) is 6.35. The summed E-state index contributed by atoms with van der Waals surface area (Å²) < 4.78 is 13.6. The van der Waals surface area contributed by atoms with Crippen molar-refractivity contribution in [2.45, 2.75) is 44.6 Å². The first-order chi connectivity index (χ1) is 8.65. The summed E-state index contributed by atoms with van der Waals surface area (Å²) in [5, 5.41) is 0.565. The van der Waals surface area contributed by atoms with Crippen molar-refractivity contribution in [3.63, 3.8) is 0 Å². The van der Waals surface area contributed by atoms with E-state index in [1.165, 1.54) is 24.5 Å². The number of halogens is 2. The fraction of sp³-hybridized carbons (Fsp3) is 0.467. The number of allylic oxidation sites excluding steroid dienone is 1. The van der Waals surface area contributed by atoms with Gasteiger partial charge in [0.05, 0.1) is 0 Å². The SMILES string of the molecule is NC(CC1=CCCCC1)Cc1cc(Cl)ccc1F. The van der Waals surface area contributed by atoms with Crippen LogP contribution >= 0.6 is 11.6 Å². The molecule has 0 aromatic heterocycles. The summed E-state index contributed by atoms with van der Waals surface area (Å²) in [7, 11) is 0. The van der Waals surface area contributed by atoms with Crippen LogP contribution in [0.15, 0.2) is 29.8 Å². The first kappa shape index (κ1) is 13.6. The van der Waals surface area contributed by atoms with Crippen LogP contribution in [0.5, 0.6) is 0 Å². The van der Waals surface area contributed by atoms with Crippen molar-refractivity contribution in [1.82, 2.24) is 0 Å². The van der Waals surface area contributed by atoms with Crippen LogP contribution in [0.25, 0.3) is 0 Å². The van der Waals surface area contributed by atoms with Crippen molar-refractivity contribution in [1.29, 1.82) is 0 Å². The summed E-state index contributed by atoms with van der Waals surface area (Å²) in [5.41, 5.74) is 8.15. The van der Waals surface area contributed by atoms with Crippen molar-refractivity contribution in [3.05, 3.63) is 46.3 Å². The molecule has 0 radical (unpaired) electrons. The van der Waals surface area contributed by atoms with Crippen LogP contribution in [0.4, 0.5) is 4.39 Å². The Morgan fingerprint density at radius 1 is 1.28 bits per heavy atom. The van der Waals surface area contributed by atoms with E-state index in [4.69, 9.17) is 17.3 Å². The number of rotatable bonds is 4. The third-order valence-corrected chi connectivity index (χ3v) is 3.63. The Kier molecular flexibility index (Phi) is 4.79. The minimum Gasteiger partial charge on any atom is -0.327 e. The van der Waals surface area contributed by atoms with Crippen LogP contribution in [-0.2, 0) is 6.42 Å². The van der Waals surface area contributed by atoms with E-state index < -0.39 is 0 Å². The van der Waals surface area contributed by atoms with Gasteiger partial charge in [-0.05, 0) is 62.3 Å². The lowest BCUT2D eigenvalue weighted by molar-refractivity contribution is 0.570. The molecule has 0 fully saturated rings. The van der Waals surface area contributed by atoms with Crippen LogP contribution in [0.1, 0.15) is 37.7 Å². The summed E-state index contributed by atoms with van der Waals surface area (Å²) in [5.74, 6) is -0.215. The average Bonchev–Trinajstić information content (AvgIpc) is 2.35. The van der Waals surface area contributed by atoms with Gasteiger partial charge in [0.1, 0.15) is 5.82 Å². The predicted octanol–water partition coefficient (Wildman–Crippen LogP) is 4.24. The second-order valence-electron chi connectivity index (χ2n) is 5.01. The van der Waals surface area contributed by atoms with E-state index in [0.717, 1.165) is 19.3 Å². The summed E-state index contributed by atoms with van der Waals surface area (Å²) in [4.78, 5) is 0. The molecule has 3 heteroatoms. The topological polar surface area (TPSA) is 26.0 Å². The lowest BCUT2D eigenvalue weighted by Gasteiger charge is -2.17. The van der Waals surface area contributed by atoms with E-state index in [-0.39, 0.29) is 11.9 Å². The van der Waals surface area contributed by atoms with Crippen molar-refractivity contribution >= 4 is 11.6 Å². The Bertz CT molecular complexity index is 442. The summed E-state index contributed by atoms with van der Waals surface area (Å²) in [6, 6.07) is 4.62. The molecule has 0 saturated heterocycles. The van der Waals surface area contributed by atoms with Gasteiger partial charge in [-0.2, -0.15) is 0 Å². The van der Waals surface area contributed by atoms with Gasteiger partial charge in [0.2, 0.25) is 0 Å². The van der Waals surface area contributed by atoms with E-state index in [2.05, 4.69) is 6.08 Å². The predicted molar refractivity (Wildman–Crippen MR) is 74.3 cm³/mol. The average molecular weight is 268 g/mol. The van der Waals surface area contributed by atoms with Crippen molar-refractivity contribution < 1.29 is 4.39 Å². The van der Waals surface area contributed by atoms with Gasteiger partial charge in [-0.15, -0.1) is 0 Å². The van der Waals surface area contributed by atoms with Gasteiger partial charge >= 0.3 is 0 Å². The van der Waals surface area contributed by atoms with Crippen LogP contribution in [-0.4, -0.2) is 6.04 Å².